The molecule has 1 amide bonds. The number of anilines is 2. The van der Waals surface area contributed by atoms with Crippen molar-refractivity contribution in [1.82, 2.24) is 15.0 Å². The van der Waals surface area contributed by atoms with Gasteiger partial charge >= 0.3 is 0 Å². The minimum atomic E-state index is -0.419. The molecular formula is C19H18ClN5O3. The van der Waals surface area contributed by atoms with E-state index in [9.17, 15) is 4.79 Å². The maximum absolute atomic E-state index is 12.6. The van der Waals surface area contributed by atoms with Crippen LogP contribution in [0.4, 0.5) is 11.5 Å². The number of nitrogens with zero attached hydrogens (tertiary/aromatic N) is 3. The number of benzene rings is 1. The Bertz CT molecular complexity index is 969. The van der Waals surface area contributed by atoms with Crippen LogP contribution in [0.3, 0.4) is 0 Å². The van der Waals surface area contributed by atoms with Gasteiger partial charge in [0.05, 0.1) is 24.9 Å². The molecule has 3 rings (SSSR count). The average molecular weight is 400 g/mol. The molecule has 1 aromatic carbocycles. The van der Waals surface area contributed by atoms with E-state index in [4.69, 9.17) is 21.1 Å². The maximum Gasteiger partial charge on any atom is 0.274 e. The number of nitrogens with one attached hydrogen (secondary N) is 2. The second-order valence-electron chi connectivity index (χ2n) is 5.64. The van der Waals surface area contributed by atoms with E-state index in [0.29, 0.717) is 34.6 Å². The van der Waals surface area contributed by atoms with Crippen LogP contribution < -0.4 is 20.1 Å². The molecule has 2 N–H and O–H groups in total. The number of methoxy groups -OCH3 is 2. The van der Waals surface area contributed by atoms with E-state index in [1.54, 1.807) is 30.6 Å². The maximum atomic E-state index is 12.6. The summed E-state index contributed by atoms with van der Waals surface area (Å²) in [7, 11) is 2.98. The standard InChI is InChI=1S/C19H18ClN5O3/c1-27-16-8-14(17(28-2)7-13(16)20)25-19(26)15-9-18(24-11-23-15)22-10-12-3-5-21-6-4-12/h3-9,11H,10H2,1-2H3,(H,25,26)(H,22,23,24). The van der Waals surface area contributed by atoms with Gasteiger partial charge in [0.25, 0.3) is 5.91 Å². The highest BCUT2D eigenvalue weighted by Gasteiger charge is 2.15. The number of ether oxygens (including phenoxy) is 2. The van der Waals surface area contributed by atoms with Crippen molar-refractivity contribution in [2.75, 3.05) is 24.9 Å². The van der Waals surface area contributed by atoms with E-state index in [1.165, 1.54) is 20.5 Å². The number of amides is 1. The normalized spacial score (nSPS) is 10.2. The molecule has 0 fully saturated rings. The second kappa shape index (κ2) is 9.01. The lowest BCUT2D eigenvalue weighted by molar-refractivity contribution is 0.102. The van der Waals surface area contributed by atoms with Crippen LogP contribution in [-0.4, -0.2) is 35.1 Å². The van der Waals surface area contributed by atoms with E-state index in [1.807, 2.05) is 12.1 Å². The highest BCUT2D eigenvalue weighted by atomic mass is 35.5. The third-order valence-electron chi connectivity index (χ3n) is 3.84. The van der Waals surface area contributed by atoms with Crippen LogP contribution in [0.25, 0.3) is 0 Å². The number of halogens is 1. The molecule has 2 heterocycles. The first-order chi connectivity index (χ1) is 13.6. The summed E-state index contributed by atoms with van der Waals surface area (Å²) in [6, 6.07) is 8.50. The summed E-state index contributed by atoms with van der Waals surface area (Å²) in [6.45, 7) is 0.544. The van der Waals surface area contributed by atoms with Gasteiger partial charge in [-0.25, -0.2) is 9.97 Å². The van der Waals surface area contributed by atoms with Gasteiger partial charge in [0, 0.05) is 37.1 Å². The Labute approximate surface area is 166 Å². The summed E-state index contributed by atoms with van der Waals surface area (Å²) in [5, 5.41) is 6.28. The van der Waals surface area contributed by atoms with Crippen LogP contribution in [0.5, 0.6) is 11.5 Å². The SMILES string of the molecule is COc1cc(NC(=O)c2cc(NCc3ccncc3)ncn2)c(OC)cc1Cl. The molecule has 0 bridgehead atoms. The summed E-state index contributed by atoms with van der Waals surface area (Å²) >= 11 is 6.09. The second-order valence-corrected chi connectivity index (χ2v) is 6.05. The minimum absolute atomic E-state index is 0.197. The Morgan fingerprint density at radius 2 is 1.82 bits per heavy atom. The van der Waals surface area contributed by atoms with E-state index in [-0.39, 0.29) is 5.69 Å². The van der Waals surface area contributed by atoms with Gasteiger partial charge in [0.15, 0.2) is 0 Å². The van der Waals surface area contributed by atoms with E-state index >= 15 is 0 Å². The van der Waals surface area contributed by atoms with Gasteiger partial charge in [-0.3, -0.25) is 9.78 Å². The van der Waals surface area contributed by atoms with Crippen LogP contribution in [-0.2, 0) is 6.54 Å². The molecule has 2 aromatic heterocycles. The molecule has 3 aromatic rings. The molecule has 0 aliphatic carbocycles. The van der Waals surface area contributed by atoms with Gasteiger partial charge in [-0.15, -0.1) is 0 Å². The van der Waals surface area contributed by atoms with Gasteiger partial charge < -0.3 is 20.1 Å². The Morgan fingerprint density at radius 1 is 1.07 bits per heavy atom. The Balaban J connectivity index is 1.74. The van der Waals surface area contributed by atoms with Crippen molar-refractivity contribution in [3.8, 4) is 11.5 Å². The first-order valence-corrected chi connectivity index (χ1v) is 8.66. The molecule has 144 valence electrons. The quantitative estimate of drug-likeness (QED) is 0.628. The minimum Gasteiger partial charge on any atom is -0.495 e. The zero-order chi connectivity index (χ0) is 19.9. The number of carbonyl (C=O) groups excluding carboxylic acids is 1. The Hall–Kier alpha value is -3.39. The Kier molecular flexibility index (Phi) is 6.23. The smallest absolute Gasteiger partial charge is 0.274 e. The van der Waals surface area contributed by atoms with Crippen molar-refractivity contribution in [2.45, 2.75) is 6.54 Å². The number of pyridine rings is 1. The summed E-state index contributed by atoms with van der Waals surface area (Å²) < 4.78 is 10.5. The molecule has 28 heavy (non-hydrogen) atoms. The molecule has 0 spiro atoms. The average Bonchev–Trinajstić information content (AvgIpc) is 2.74. The molecule has 0 aliphatic rings. The van der Waals surface area contributed by atoms with Gasteiger partial charge in [0.2, 0.25) is 0 Å². The predicted molar refractivity (Wildman–Crippen MR) is 106 cm³/mol. The van der Waals surface area contributed by atoms with Crippen LogP contribution >= 0.6 is 11.6 Å². The molecule has 9 heteroatoms. The van der Waals surface area contributed by atoms with Crippen LogP contribution in [0.15, 0.2) is 49.1 Å². The number of hydrogen-bond acceptors (Lipinski definition) is 7. The van der Waals surface area contributed by atoms with Crippen molar-refractivity contribution in [1.29, 1.82) is 0 Å². The molecule has 0 saturated heterocycles. The lowest BCUT2D eigenvalue weighted by Crippen LogP contribution is -2.15. The van der Waals surface area contributed by atoms with Gasteiger partial charge in [-0.2, -0.15) is 0 Å². The molecule has 0 saturated carbocycles. The lowest BCUT2D eigenvalue weighted by atomic mass is 10.2. The molecule has 8 nitrogen and oxygen atoms in total. The predicted octanol–water partition coefficient (Wildman–Crippen LogP) is 3.41. The monoisotopic (exact) mass is 399 g/mol. The highest BCUT2D eigenvalue weighted by molar-refractivity contribution is 6.32. The molecule has 0 radical (unpaired) electrons. The molecule has 0 atom stereocenters. The van der Waals surface area contributed by atoms with Gasteiger partial charge in [-0.05, 0) is 17.7 Å². The fourth-order valence-corrected chi connectivity index (χ4v) is 2.65. The van der Waals surface area contributed by atoms with E-state index in [2.05, 4.69) is 25.6 Å². The first kappa shape index (κ1) is 19.4. The summed E-state index contributed by atoms with van der Waals surface area (Å²) in [5.74, 6) is 0.930. The van der Waals surface area contributed by atoms with Crippen molar-refractivity contribution in [3.63, 3.8) is 0 Å². The molecular weight excluding hydrogens is 382 g/mol. The van der Waals surface area contributed by atoms with Crippen LogP contribution in [0.2, 0.25) is 5.02 Å². The van der Waals surface area contributed by atoms with Crippen LogP contribution in [0, 0.1) is 0 Å². The molecule has 0 unspecified atom stereocenters. The molecule has 0 aliphatic heterocycles. The van der Waals surface area contributed by atoms with Crippen molar-refractivity contribution in [3.05, 3.63) is 65.3 Å². The van der Waals surface area contributed by atoms with E-state index in [0.717, 1.165) is 5.56 Å². The summed E-state index contributed by atoms with van der Waals surface area (Å²) in [6.07, 6.45) is 4.75. The third kappa shape index (κ3) is 4.66. The topological polar surface area (TPSA) is 98.3 Å². The number of carbonyl (C=O) groups is 1. The summed E-state index contributed by atoms with van der Waals surface area (Å²) in [4.78, 5) is 24.8. The van der Waals surface area contributed by atoms with E-state index < -0.39 is 5.91 Å². The largest absolute Gasteiger partial charge is 0.495 e. The number of hydrogen-bond donors (Lipinski definition) is 2. The first-order valence-electron chi connectivity index (χ1n) is 8.28. The zero-order valence-electron chi connectivity index (χ0n) is 15.3. The number of rotatable bonds is 7. The summed E-state index contributed by atoms with van der Waals surface area (Å²) in [5.41, 5.74) is 1.65. The third-order valence-corrected chi connectivity index (χ3v) is 4.14. The fraction of sp³-hybridized carbons (Fsp3) is 0.158. The zero-order valence-corrected chi connectivity index (χ0v) is 16.0. The number of aromatic nitrogens is 3. The lowest BCUT2D eigenvalue weighted by Gasteiger charge is -2.13. The highest BCUT2D eigenvalue weighted by Crippen LogP contribution is 2.36. The van der Waals surface area contributed by atoms with Crippen molar-refractivity contribution < 1.29 is 14.3 Å². The fourth-order valence-electron chi connectivity index (χ4n) is 2.42. The van der Waals surface area contributed by atoms with Crippen LogP contribution in [0.1, 0.15) is 16.1 Å². The van der Waals surface area contributed by atoms with Crippen molar-refractivity contribution in [2.24, 2.45) is 0 Å². The Morgan fingerprint density at radius 3 is 2.54 bits per heavy atom. The van der Waals surface area contributed by atoms with Gasteiger partial charge in [0.1, 0.15) is 29.3 Å². The van der Waals surface area contributed by atoms with Crippen molar-refractivity contribution >= 4 is 29.0 Å². The van der Waals surface area contributed by atoms with Gasteiger partial charge in [-0.1, -0.05) is 11.6 Å².